The highest BCUT2D eigenvalue weighted by Crippen LogP contribution is 1.94. The summed E-state index contributed by atoms with van der Waals surface area (Å²) in [4.78, 5) is 29.2. The molecule has 0 aliphatic rings. The lowest BCUT2D eigenvalue weighted by atomic mass is 10.4. The van der Waals surface area contributed by atoms with Gasteiger partial charge in [-0.1, -0.05) is 6.58 Å². The first-order valence-corrected chi connectivity index (χ1v) is 4.04. The smallest absolute Gasteiger partial charge is 0.338 e. The summed E-state index contributed by atoms with van der Waals surface area (Å²) in [5.41, 5.74) is 0.500. The predicted molar refractivity (Wildman–Crippen MR) is 52.4 cm³/mol. The first-order valence-electron chi connectivity index (χ1n) is 4.04. The molecule has 0 saturated carbocycles. The number of aromatic nitrogens is 2. The van der Waals surface area contributed by atoms with Gasteiger partial charge in [0.2, 0.25) is 0 Å². The summed E-state index contributed by atoms with van der Waals surface area (Å²) in [7, 11) is 0. The minimum atomic E-state index is -0.788. The maximum atomic E-state index is 11.0. The fourth-order valence-corrected chi connectivity index (χ4v) is 0.725. The zero-order valence-corrected chi connectivity index (χ0v) is 7.79. The zero-order valence-electron chi connectivity index (χ0n) is 7.79. The quantitative estimate of drug-likeness (QED) is 0.412. The Balaban J connectivity index is 2.55. The Bertz CT molecular complexity index is 398. The first kappa shape index (κ1) is 10.8. The van der Waals surface area contributed by atoms with Crippen LogP contribution in [-0.4, -0.2) is 21.9 Å². The third-order valence-electron chi connectivity index (χ3n) is 1.34. The van der Waals surface area contributed by atoms with Gasteiger partial charge in [-0.2, -0.15) is 0 Å². The van der Waals surface area contributed by atoms with E-state index in [1.807, 2.05) is 0 Å². The lowest BCUT2D eigenvalue weighted by Gasteiger charge is -1.93. The standard InChI is InChI=1S/C10H8N2O3/c1-2-9(13)15-10(14)4-3-8-7-11-5-6-12-8/h2-7H,1H2/b4-3+. The molecule has 5 nitrogen and oxygen atoms in total. The first-order chi connectivity index (χ1) is 7.22. The second-order valence-electron chi connectivity index (χ2n) is 2.41. The number of hydrogen-bond donors (Lipinski definition) is 0. The molecular weight excluding hydrogens is 196 g/mol. The number of ether oxygens (including phenoxy) is 1. The van der Waals surface area contributed by atoms with Gasteiger partial charge in [0.15, 0.2) is 0 Å². The molecule has 1 rings (SSSR count). The lowest BCUT2D eigenvalue weighted by Crippen LogP contribution is -2.06. The molecule has 0 aromatic carbocycles. The van der Waals surface area contributed by atoms with Gasteiger partial charge in [-0.05, 0) is 6.08 Å². The third-order valence-corrected chi connectivity index (χ3v) is 1.34. The summed E-state index contributed by atoms with van der Waals surface area (Å²) in [6.45, 7) is 3.16. The summed E-state index contributed by atoms with van der Waals surface area (Å²) in [5.74, 6) is -1.56. The molecule has 5 heteroatoms. The van der Waals surface area contributed by atoms with Crippen LogP contribution in [0.1, 0.15) is 5.69 Å². The largest absolute Gasteiger partial charge is 0.387 e. The van der Waals surface area contributed by atoms with E-state index < -0.39 is 11.9 Å². The maximum absolute atomic E-state index is 11.0. The van der Waals surface area contributed by atoms with Crippen LogP contribution in [0.5, 0.6) is 0 Å². The van der Waals surface area contributed by atoms with Crippen molar-refractivity contribution in [3.8, 4) is 0 Å². The molecule has 0 aliphatic heterocycles. The summed E-state index contributed by atoms with van der Waals surface area (Å²) in [5, 5.41) is 0. The van der Waals surface area contributed by atoms with Gasteiger partial charge in [-0.15, -0.1) is 0 Å². The van der Waals surface area contributed by atoms with Crippen LogP contribution in [0.15, 0.2) is 37.3 Å². The van der Waals surface area contributed by atoms with Gasteiger partial charge >= 0.3 is 11.9 Å². The van der Waals surface area contributed by atoms with Crippen LogP contribution in [0.4, 0.5) is 0 Å². The van der Waals surface area contributed by atoms with Crippen LogP contribution in [0.2, 0.25) is 0 Å². The van der Waals surface area contributed by atoms with Crippen molar-refractivity contribution in [2.24, 2.45) is 0 Å². The molecule has 1 aromatic heterocycles. The van der Waals surface area contributed by atoms with Gasteiger partial charge in [0.1, 0.15) is 0 Å². The summed E-state index contributed by atoms with van der Waals surface area (Å²) in [6.07, 6.45) is 7.86. The third kappa shape index (κ3) is 3.95. The molecule has 0 spiro atoms. The molecule has 76 valence electrons. The highest BCUT2D eigenvalue weighted by Gasteiger charge is 2.01. The van der Waals surface area contributed by atoms with Gasteiger partial charge in [0.05, 0.1) is 11.9 Å². The second kappa shape index (κ2) is 5.43. The van der Waals surface area contributed by atoms with E-state index in [1.165, 1.54) is 24.7 Å². The molecular formula is C10H8N2O3. The van der Waals surface area contributed by atoms with Crippen LogP contribution in [0, 0.1) is 0 Å². The summed E-state index contributed by atoms with van der Waals surface area (Å²) >= 11 is 0. The minimum Gasteiger partial charge on any atom is -0.387 e. The zero-order chi connectivity index (χ0) is 11.1. The highest BCUT2D eigenvalue weighted by atomic mass is 16.6. The molecule has 0 saturated heterocycles. The van der Waals surface area contributed by atoms with E-state index in [4.69, 9.17) is 0 Å². The maximum Gasteiger partial charge on any atom is 0.338 e. The molecule has 1 heterocycles. The summed E-state index contributed by atoms with van der Waals surface area (Å²) < 4.78 is 4.29. The number of carbonyl (C=O) groups excluding carboxylic acids is 2. The van der Waals surface area contributed by atoms with E-state index in [2.05, 4.69) is 21.3 Å². The van der Waals surface area contributed by atoms with Crippen molar-refractivity contribution >= 4 is 18.0 Å². The monoisotopic (exact) mass is 204 g/mol. The van der Waals surface area contributed by atoms with E-state index >= 15 is 0 Å². The van der Waals surface area contributed by atoms with Crippen molar-refractivity contribution in [3.05, 3.63) is 43.0 Å². The van der Waals surface area contributed by atoms with E-state index in [-0.39, 0.29) is 0 Å². The van der Waals surface area contributed by atoms with Gasteiger partial charge in [-0.3, -0.25) is 9.97 Å². The van der Waals surface area contributed by atoms with Crippen molar-refractivity contribution in [1.29, 1.82) is 0 Å². The van der Waals surface area contributed by atoms with Crippen molar-refractivity contribution < 1.29 is 14.3 Å². The molecule has 0 atom stereocenters. The number of hydrogen-bond acceptors (Lipinski definition) is 5. The van der Waals surface area contributed by atoms with E-state index in [1.54, 1.807) is 0 Å². The number of carbonyl (C=O) groups is 2. The Morgan fingerprint density at radius 1 is 1.33 bits per heavy atom. The van der Waals surface area contributed by atoms with E-state index in [0.29, 0.717) is 5.69 Å². The Kier molecular flexibility index (Phi) is 3.91. The SMILES string of the molecule is C=CC(=O)OC(=O)/C=C/c1cnccn1. The van der Waals surface area contributed by atoms with Gasteiger partial charge in [0.25, 0.3) is 0 Å². The molecule has 0 amide bonds. The van der Waals surface area contributed by atoms with Crippen LogP contribution >= 0.6 is 0 Å². The predicted octanol–water partition coefficient (Wildman–Crippen LogP) is 0.746. The Morgan fingerprint density at radius 3 is 2.73 bits per heavy atom. The molecule has 0 radical (unpaired) electrons. The van der Waals surface area contributed by atoms with Gasteiger partial charge in [0, 0.05) is 24.5 Å². The van der Waals surface area contributed by atoms with Crippen LogP contribution in [0.3, 0.4) is 0 Å². The second-order valence-corrected chi connectivity index (χ2v) is 2.41. The van der Waals surface area contributed by atoms with E-state index in [0.717, 1.165) is 12.2 Å². The van der Waals surface area contributed by atoms with Crippen molar-refractivity contribution in [2.45, 2.75) is 0 Å². The molecule has 0 aliphatic carbocycles. The van der Waals surface area contributed by atoms with Gasteiger partial charge < -0.3 is 4.74 Å². The molecule has 0 unspecified atom stereocenters. The van der Waals surface area contributed by atoms with Crippen molar-refractivity contribution in [3.63, 3.8) is 0 Å². The Hall–Kier alpha value is -2.30. The number of nitrogens with zero attached hydrogens (tertiary/aromatic N) is 2. The molecule has 15 heavy (non-hydrogen) atoms. The van der Waals surface area contributed by atoms with Crippen molar-refractivity contribution in [1.82, 2.24) is 9.97 Å². The average molecular weight is 204 g/mol. The van der Waals surface area contributed by atoms with Crippen LogP contribution < -0.4 is 0 Å². The van der Waals surface area contributed by atoms with Crippen LogP contribution in [-0.2, 0) is 14.3 Å². The number of rotatable bonds is 3. The molecule has 1 aromatic rings. The topological polar surface area (TPSA) is 69.2 Å². The fourth-order valence-electron chi connectivity index (χ4n) is 0.725. The fraction of sp³-hybridized carbons (Fsp3) is 0. The van der Waals surface area contributed by atoms with Crippen molar-refractivity contribution in [2.75, 3.05) is 0 Å². The normalized spacial score (nSPS) is 9.87. The van der Waals surface area contributed by atoms with E-state index in [9.17, 15) is 9.59 Å². The highest BCUT2D eigenvalue weighted by molar-refractivity contribution is 5.97. The average Bonchev–Trinajstić information content (AvgIpc) is 2.27. The van der Waals surface area contributed by atoms with Gasteiger partial charge in [-0.25, -0.2) is 9.59 Å². The van der Waals surface area contributed by atoms with Crippen LogP contribution in [0.25, 0.3) is 6.08 Å². The summed E-state index contributed by atoms with van der Waals surface area (Å²) in [6, 6.07) is 0. The molecule has 0 N–H and O–H groups in total. The molecule has 0 fully saturated rings. The molecule has 0 bridgehead atoms. The lowest BCUT2D eigenvalue weighted by molar-refractivity contribution is -0.152. The minimum absolute atomic E-state index is 0.500. The Morgan fingerprint density at radius 2 is 2.13 bits per heavy atom. The number of esters is 2. The Labute approximate surface area is 86.1 Å².